The van der Waals surface area contributed by atoms with E-state index >= 15 is 0 Å². The smallest absolute Gasteiger partial charge is 0.196 e. The van der Waals surface area contributed by atoms with Crippen molar-refractivity contribution in [3.8, 4) is 0 Å². The van der Waals surface area contributed by atoms with Crippen molar-refractivity contribution in [1.82, 2.24) is 4.98 Å². The van der Waals surface area contributed by atoms with Gasteiger partial charge in [-0.2, -0.15) is 0 Å². The zero-order chi connectivity index (χ0) is 20.8. The van der Waals surface area contributed by atoms with Crippen molar-refractivity contribution in [3.63, 3.8) is 0 Å². The number of rotatable bonds is 4. The van der Waals surface area contributed by atoms with Crippen molar-refractivity contribution in [2.75, 3.05) is 18.5 Å². The van der Waals surface area contributed by atoms with E-state index in [9.17, 15) is 9.59 Å². The van der Waals surface area contributed by atoms with Crippen molar-refractivity contribution in [3.05, 3.63) is 74.5 Å². The lowest BCUT2D eigenvalue weighted by molar-refractivity contribution is 0.292. The highest BCUT2D eigenvalue weighted by atomic mass is 16.3. The largest absolute Gasteiger partial charge is 0.453 e. The molecule has 0 radical (unpaired) electrons. The summed E-state index contributed by atoms with van der Waals surface area (Å²) in [5, 5.41) is 13.8. The van der Waals surface area contributed by atoms with Crippen molar-refractivity contribution < 1.29 is 9.52 Å². The number of hydrogen-bond acceptors (Lipinski definition) is 5. The lowest BCUT2D eigenvalue weighted by Crippen LogP contribution is -2.16. The van der Waals surface area contributed by atoms with Gasteiger partial charge in [-0.15, -0.1) is 0 Å². The van der Waals surface area contributed by atoms with Crippen LogP contribution in [0.25, 0.3) is 43.7 Å². The van der Waals surface area contributed by atoms with Crippen LogP contribution in [0.1, 0.15) is 12.0 Å². The van der Waals surface area contributed by atoms with Crippen LogP contribution in [0.3, 0.4) is 0 Å². The summed E-state index contributed by atoms with van der Waals surface area (Å²) in [4.78, 5) is 30.1. The molecule has 0 bridgehead atoms. The summed E-state index contributed by atoms with van der Waals surface area (Å²) in [5.74, 6) is 0. The van der Waals surface area contributed by atoms with Gasteiger partial charge >= 0.3 is 0 Å². The highest BCUT2D eigenvalue weighted by Crippen LogP contribution is 2.31. The molecule has 0 aliphatic rings. The number of nitrogens with one attached hydrogen (secondary N) is 2. The minimum absolute atomic E-state index is 0.0283. The maximum Gasteiger partial charge on any atom is 0.196 e. The third-order valence-corrected chi connectivity index (χ3v) is 5.43. The molecule has 0 aliphatic carbocycles. The number of aliphatic hydroxyl groups excluding tert-OH is 1. The Labute approximate surface area is 170 Å². The molecule has 3 N–H and O–H groups in total. The van der Waals surface area contributed by atoms with E-state index in [1.807, 2.05) is 25.1 Å². The molecule has 0 saturated heterocycles. The van der Waals surface area contributed by atoms with Gasteiger partial charge in [-0.1, -0.05) is 30.3 Å². The summed E-state index contributed by atoms with van der Waals surface area (Å²) < 4.78 is 6.13. The maximum atomic E-state index is 13.5. The van der Waals surface area contributed by atoms with Crippen LogP contribution >= 0.6 is 0 Å². The number of H-pyrrole nitrogens is 1. The predicted octanol–water partition coefficient (Wildman–Crippen LogP) is 4.04. The monoisotopic (exact) mass is 400 g/mol. The second-order valence-electron chi connectivity index (χ2n) is 7.48. The Hall–Kier alpha value is -3.64. The molecule has 4 aromatic carbocycles. The first-order chi connectivity index (χ1) is 14.6. The lowest BCUT2D eigenvalue weighted by Gasteiger charge is -2.13. The van der Waals surface area contributed by atoms with Crippen LogP contribution in [-0.2, 0) is 0 Å². The SMILES string of the molecule is Cc1ccc2[nH]c3c(cc(NCCCO)c4c(=O)c5ccccc5c(=O)c43)oc2c1. The van der Waals surface area contributed by atoms with Crippen LogP contribution in [0.15, 0.2) is 62.5 Å². The Morgan fingerprint density at radius 2 is 1.70 bits per heavy atom. The summed E-state index contributed by atoms with van der Waals surface area (Å²) in [6.07, 6.45) is 0.520. The summed E-state index contributed by atoms with van der Waals surface area (Å²) >= 11 is 0. The number of aromatic nitrogens is 1. The van der Waals surface area contributed by atoms with Crippen LogP contribution in [0, 0.1) is 6.92 Å². The molecule has 1 heterocycles. The molecule has 0 atom stereocenters. The van der Waals surface area contributed by atoms with Crippen molar-refractivity contribution >= 4 is 49.4 Å². The molecule has 1 aromatic heterocycles. The normalized spacial score (nSPS) is 11.7. The molecule has 0 amide bonds. The number of aromatic amines is 1. The highest BCUT2D eigenvalue weighted by molar-refractivity contribution is 6.14. The Balaban J connectivity index is 1.99. The number of aliphatic hydroxyl groups is 1. The number of aryl methyl sites for hydroxylation is 1. The van der Waals surface area contributed by atoms with Gasteiger partial charge in [0.1, 0.15) is 0 Å². The van der Waals surface area contributed by atoms with Gasteiger partial charge in [0, 0.05) is 35.7 Å². The van der Waals surface area contributed by atoms with E-state index in [-0.39, 0.29) is 17.5 Å². The van der Waals surface area contributed by atoms with Crippen molar-refractivity contribution in [2.45, 2.75) is 13.3 Å². The van der Waals surface area contributed by atoms with Gasteiger partial charge in [0.05, 0.1) is 21.8 Å². The van der Waals surface area contributed by atoms with E-state index < -0.39 is 0 Å². The zero-order valence-electron chi connectivity index (χ0n) is 16.4. The summed E-state index contributed by atoms with van der Waals surface area (Å²) in [7, 11) is 0. The molecule has 0 spiro atoms. The van der Waals surface area contributed by atoms with Crippen LogP contribution in [0.5, 0.6) is 0 Å². The Bertz CT molecular complexity index is 1560. The van der Waals surface area contributed by atoms with Crippen LogP contribution in [0.2, 0.25) is 0 Å². The van der Waals surface area contributed by atoms with Gasteiger partial charge in [0.2, 0.25) is 0 Å². The summed E-state index contributed by atoms with van der Waals surface area (Å²) in [6.45, 7) is 2.47. The second kappa shape index (κ2) is 7.00. The summed E-state index contributed by atoms with van der Waals surface area (Å²) in [5.41, 5.74) is 3.57. The molecule has 6 heteroatoms. The standard InChI is InChI=1S/C24H20N2O4/c1-13-7-8-16-18(11-13)30-19-12-17(25-9-4-10-27)20-21(22(19)26-16)24(29)15-6-3-2-5-14(15)23(20)28/h2-3,5-8,11-12,25-27H,4,9-10H2,1H3. The number of fused-ring (bicyclic) bond motifs is 5. The predicted molar refractivity (Wildman–Crippen MR) is 121 cm³/mol. The molecule has 30 heavy (non-hydrogen) atoms. The first-order valence-electron chi connectivity index (χ1n) is 9.88. The Morgan fingerprint density at radius 1 is 0.967 bits per heavy atom. The van der Waals surface area contributed by atoms with Gasteiger partial charge in [-0.3, -0.25) is 9.59 Å². The minimum Gasteiger partial charge on any atom is -0.453 e. The topological polar surface area (TPSA) is 95.3 Å². The van der Waals surface area contributed by atoms with E-state index in [2.05, 4.69) is 10.3 Å². The molecule has 6 nitrogen and oxygen atoms in total. The Kier molecular flexibility index (Phi) is 4.29. The zero-order valence-corrected chi connectivity index (χ0v) is 16.4. The fourth-order valence-electron chi connectivity index (χ4n) is 3.99. The molecule has 0 aliphatic heterocycles. The first-order valence-corrected chi connectivity index (χ1v) is 9.88. The van der Waals surface area contributed by atoms with E-state index in [1.54, 1.807) is 30.3 Å². The van der Waals surface area contributed by atoms with Crippen LogP contribution < -0.4 is 16.2 Å². The molecule has 0 saturated carbocycles. The fourth-order valence-corrected chi connectivity index (χ4v) is 3.99. The third-order valence-electron chi connectivity index (χ3n) is 5.43. The summed E-state index contributed by atoms with van der Waals surface area (Å²) in [6, 6.07) is 14.4. The number of hydrogen-bond donors (Lipinski definition) is 3. The average Bonchev–Trinajstić information content (AvgIpc) is 2.75. The van der Waals surface area contributed by atoms with Gasteiger partial charge in [-0.25, -0.2) is 0 Å². The molecule has 0 unspecified atom stereocenters. The van der Waals surface area contributed by atoms with E-state index in [4.69, 9.17) is 9.52 Å². The lowest BCUT2D eigenvalue weighted by atomic mass is 9.99. The minimum atomic E-state index is -0.214. The van der Waals surface area contributed by atoms with E-state index in [0.29, 0.717) is 56.9 Å². The fraction of sp³-hybridized carbons (Fsp3) is 0.167. The van der Waals surface area contributed by atoms with E-state index in [0.717, 1.165) is 11.1 Å². The molecule has 5 rings (SSSR count). The van der Waals surface area contributed by atoms with Crippen LogP contribution in [0.4, 0.5) is 5.69 Å². The molecule has 0 fully saturated rings. The molecule has 150 valence electrons. The molecular formula is C24H20N2O4. The number of benzene rings is 4. The quantitative estimate of drug-likeness (QED) is 0.240. The van der Waals surface area contributed by atoms with Gasteiger partial charge < -0.3 is 19.8 Å². The van der Waals surface area contributed by atoms with Crippen molar-refractivity contribution in [2.24, 2.45) is 0 Å². The van der Waals surface area contributed by atoms with Crippen molar-refractivity contribution in [1.29, 1.82) is 0 Å². The van der Waals surface area contributed by atoms with Gasteiger partial charge in [0.15, 0.2) is 22.0 Å². The van der Waals surface area contributed by atoms with Gasteiger partial charge in [-0.05, 0) is 31.0 Å². The number of anilines is 1. The molecular weight excluding hydrogens is 380 g/mol. The maximum absolute atomic E-state index is 13.5. The second-order valence-corrected chi connectivity index (χ2v) is 7.48. The molecule has 5 aromatic rings. The van der Waals surface area contributed by atoms with Crippen LogP contribution in [-0.4, -0.2) is 23.2 Å². The van der Waals surface area contributed by atoms with E-state index in [1.165, 1.54) is 0 Å². The Morgan fingerprint density at radius 3 is 2.43 bits per heavy atom. The average molecular weight is 400 g/mol. The third kappa shape index (κ3) is 2.76. The van der Waals surface area contributed by atoms with Gasteiger partial charge in [0.25, 0.3) is 0 Å². The highest BCUT2D eigenvalue weighted by Gasteiger charge is 2.19. The first kappa shape index (κ1) is 18.4.